The van der Waals surface area contributed by atoms with Crippen LogP contribution in [0.25, 0.3) is 0 Å². The first-order chi connectivity index (χ1) is 14.1. The molecule has 0 unspecified atom stereocenters. The number of carbonyl (C=O) groups excluding carboxylic acids is 1. The molecule has 2 fully saturated rings. The van der Waals surface area contributed by atoms with Crippen molar-refractivity contribution in [1.82, 2.24) is 15.1 Å². The lowest BCUT2D eigenvalue weighted by Gasteiger charge is -2.32. The predicted molar refractivity (Wildman–Crippen MR) is 110 cm³/mol. The van der Waals surface area contributed by atoms with Crippen molar-refractivity contribution in [3.05, 3.63) is 65.5 Å². The smallest absolute Gasteiger partial charge is 0.236 e. The zero-order valence-corrected chi connectivity index (χ0v) is 16.8. The van der Waals surface area contributed by atoms with Crippen LogP contribution in [0.5, 0.6) is 5.75 Å². The van der Waals surface area contributed by atoms with Gasteiger partial charge in [-0.3, -0.25) is 4.79 Å². The molecule has 2 atom stereocenters. The maximum atomic E-state index is 13.2. The predicted octanol–water partition coefficient (Wildman–Crippen LogP) is 2.62. The van der Waals surface area contributed by atoms with Crippen molar-refractivity contribution in [2.24, 2.45) is 0 Å². The van der Waals surface area contributed by atoms with Crippen molar-refractivity contribution in [2.75, 3.05) is 39.8 Å². The van der Waals surface area contributed by atoms with Gasteiger partial charge in [-0.15, -0.1) is 0 Å². The number of rotatable bonds is 7. The fourth-order valence-electron chi connectivity index (χ4n) is 3.78. The van der Waals surface area contributed by atoms with Crippen molar-refractivity contribution in [3.8, 4) is 5.75 Å². The number of ether oxygens (including phenoxy) is 1. The zero-order valence-electron chi connectivity index (χ0n) is 16.8. The highest BCUT2D eigenvalue weighted by molar-refractivity contribution is 5.78. The number of nitrogens with zero attached hydrogens (tertiary/aromatic N) is 2. The monoisotopic (exact) mass is 397 g/mol. The second-order valence-electron chi connectivity index (χ2n) is 8.00. The third-order valence-corrected chi connectivity index (χ3v) is 5.76. The van der Waals surface area contributed by atoms with Crippen LogP contribution in [0.4, 0.5) is 4.39 Å². The molecule has 0 radical (unpaired) electrons. The van der Waals surface area contributed by atoms with Crippen LogP contribution in [0.15, 0.2) is 48.5 Å². The molecule has 5 nitrogen and oxygen atoms in total. The molecule has 0 bridgehead atoms. The lowest BCUT2D eigenvalue weighted by Crippen LogP contribution is -2.49. The molecule has 154 valence electrons. The van der Waals surface area contributed by atoms with E-state index in [4.69, 9.17) is 4.74 Å². The molecule has 0 aromatic heterocycles. The standard InChI is InChI=1S/C23H28FN3O2/c1-26-9-11-27(12-10-26)23(28)15-25-22-14-21(22)18-5-7-20(8-6-18)29-16-17-3-2-4-19(24)13-17/h2-8,13,21-22,25H,9-12,14-16H2,1H3/t21-,22+/m0/s1. The van der Waals surface area contributed by atoms with E-state index in [2.05, 4.69) is 29.4 Å². The minimum atomic E-state index is -0.250. The van der Waals surface area contributed by atoms with Crippen LogP contribution in [0.2, 0.25) is 0 Å². The maximum absolute atomic E-state index is 13.2. The van der Waals surface area contributed by atoms with Crippen molar-refractivity contribution >= 4 is 5.91 Å². The SMILES string of the molecule is CN1CCN(C(=O)CN[C@@H]2C[C@H]2c2ccc(OCc3cccc(F)c3)cc2)CC1. The van der Waals surface area contributed by atoms with Gasteiger partial charge in [-0.2, -0.15) is 0 Å². The van der Waals surface area contributed by atoms with Crippen LogP contribution in [0, 0.1) is 5.82 Å². The number of piperazine rings is 1. The summed E-state index contributed by atoms with van der Waals surface area (Å²) in [6.07, 6.45) is 1.06. The Labute approximate surface area is 171 Å². The average molecular weight is 397 g/mol. The van der Waals surface area contributed by atoms with Gasteiger partial charge in [-0.1, -0.05) is 24.3 Å². The summed E-state index contributed by atoms with van der Waals surface area (Å²) in [6, 6.07) is 14.9. The van der Waals surface area contributed by atoms with Gasteiger partial charge in [0.05, 0.1) is 6.54 Å². The molecule has 1 saturated carbocycles. The van der Waals surface area contributed by atoms with Crippen LogP contribution >= 0.6 is 0 Å². The summed E-state index contributed by atoms with van der Waals surface area (Å²) in [4.78, 5) is 16.5. The number of benzene rings is 2. The minimum absolute atomic E-state index is 0.199. The van der Waals surface area contributed by atoms with Crippen LogP contribution in [0.3, 0.4) is 0 Å². The number of likely N-dealkylation sites (N-methyl/N-ethyl adjacent to an activating group) is 1. The molecular weight excluding hydrogens is 369 g/mol. The highest BCUT2D eigenvalue weighted by Crippen LogP contribution is 2.41. The topological polar surface area (TPSA) is 44.8 Å². The second kappa shape index (κ2) is 8.93. The first-order valence-corrected chi connectivity index (χ1v) is 10.3. The summed E-state index contributed by atoms with van der Waals surface area (Å²) < 4.78 is 19.0. The van der Waals surface area contributed by atoms with E-state index < -0.39 is 0 Å². The van der Waals surface area contributed by atoms with E-state index in [1.165, 1.54) is 17.7 Å². The van der Waals surface area contributed by atoms with Gasteiger partial charge in [-0.05, 0) is 48.9 Å². The fourth-order valence-corrected chi connectivity index (χ4v) is 3.78. The summed E-state index contributed by atoms with van der Waals surface area (Å²) in [7, 11) is 2.09. The van der Waals surface area contributed by atoms with Crippen LogP contribution in [-0.2, 0) is 11.4 Å². The molecule has 29 heavy (non-hydrogen) atoms. The number of hydrogen-bond donors (Lipinski definition) is 1. The van der Waals surface area contributed by atoms with Gasteiger partial charge in [0.15, 0.2) is 0 Å². The zero-order chi connectivity index (χ0) is 20.2. The van der Waals surface area contributed by atoms with E-state index in [1.54, 1.807) is 6.07 Å². The summed E-state index contributed by atoms with van der Waals surface area (Å²) in [5.74, 6) is 1.17. The number of carbonyl (C=O) groups is 1. The van der Waals surface area contributed by atoms with Gasteiger partial charge in [0.1, 0.15) is 18.2 Å². The maximum Gasteiger partial charge on any atom is 0.236 e. The first-order valence-electron chi connectivity index (χ1n) is 10.3. The normalized spacial score (nSPS) is 21.8. The molecule has 1 heterocycles. The number of nitrogens with one attached hydrogen (secondary N) is 1. The minimum Gasteiger partial charge on any atom is -0.489 e. The molecule has 2 aromatic rings. The molecule has 2 aromatic carbocycles. The molecule has 1 amide bonds. The Balaban J connectivity index is 1.21. The van der Waals surface area contributed by atoms with Crippen molar-refractivity contribution in [1.29, 1.82) is 0 Å². The number of hydrogen-bond acceptors (Lipinski definition) is 4. The number of amides is 1. The molecule has 4 rings (SSSR count). The molecule has 1 saturated heterocycles. The van der Waals surface area contributed by atoms with E-state index in [9.17, 15) is 9.18 Å². The molecule has 6 heteroatoms. The Morgan fingerprint density at radius 3 is 2.62 bits per heavy atom. The van der Waals surface area contributed by atoms with Crippen LogP contribution in [-0.4, -0.2) is 61.5 Å². The average Bonchev–Trinajstić information content (AvgIpc) is 3.51. The highest BCUT2D eigenvalue weighted by atomic mass is 19.1. The van der Waals surface area contributed by atoms with E-state index in [0.29, 0.717) is 25.1 Å². The van der Waals surface area contributed by atoms with Crippen molar-refractivity contribution < 1.29 is 13.9 Å². The summed E-state index contributed by atoms with van der Waals surface area (Å²) in [5.41, 5.74) is 2.07. The fraction of sp³-hybridized carbons (Fsp3) is 0.435. The summed E-state index contributed by atoms with van der Waals surface area (Å²) in [6.45, 7) is 4.31. The van der Waals surface area contributed by atoms with Crippen molar-refractivity contribution in [2.45, 2.75) is 25.0 Å². The summed E-state index contributed by atoms with van der Waals surface area (Å²) >= 11 is 0. The lowest BCUT2D eigenvalue weighted by molar-refractivity contribution is -0.131. The van der Waals surface area contributed by atoms with E-state index >= 15 is 0 Å². The van der Waals surface area contributed by atoms with Gasteiger partial charge in [-0.25, -0.2) is 4.39 Å². The third kappa shape index (κ3) is 5.34. The van der Waals surface area contributed by atoms with Crippen LogP contribution < -0.4 is 10.1 Å². The van der Waals surface area contributed by atoms with Gasteiger partial charge in [0, 0.05) is 38.1 Å². The molecule has 1 aliphatic heterocycles. The molecular formula is C23H28FN3O2. The molecule has 1 aliphatic carbocycles. The van der Waals surface area contributed by atoms with E-state index in [1.807, 2.05) is 23.1 Å². The first kappa shape index (κ1) is 19.9. The van der Waals surface area contributed by atoms with Crippen LogP contribution in [0.1, 0.15) is 23.5 Å². The Kier molecular flexibility index (Phi) is 6.11. The molecule has 2 aliphatic rings. The van der Waals surface area contributed by atoms with Gasteiger partial charge < -0.3 is 19.9 Å². The highest BCUT2D eigenvalue weighted by Gasteiger charge is 2.38. The quantitative estimate of drug-likeness (QED) is 0.780. The Morgan fingerprint density at radius 1 is 1.14 bits per heavy atom. The summed E-state index contributed by atoms with van der Waals surface area (Å²) in [5, 5.41) is 3.41. The van der Waals surface area contributed by atoms with E-state index in [0.717, 1.165) is 43.9 Å². The van der Waals surface area contributed by atoms with E-state index in [-0.39, 0.29) is 11.7 Å². The lowest BCUT2D eigenvalue weighted by atomic mass is 10.1. The molecule has 0 spiro atoms. The third-order valence-electron chi connectivity index (χ3n) is 5.76. The number of halogens is 1. The Hall–Kier alpha value is -2.44. The Bertz CT molecular complexity index is 834. The van der Waals surface area contributed by atoms with Gasteiger partial charge >= 0.3 is 0 Å². The Morgan fingerprint density at radius 2 is 1.90 bits per heavy atom. The van der Waals surface area contributed by atoms with Gasteiger partial charge in [0.2, 0.25) is 5.91 Å². The largest absolute Gasteiger partial charge is 0.489 e. The molecule has 1 N–H and O–H groups in total. The van der Waals surface area contributed by atoms with Gasteiger partial charge in [0.25, 0.3) is 0 Å². The van der Waals surface area contributed by atoms with Crippen molar-refractivity contribution in [3.63, 3.8) is 0 Å². The second-order valence-corrected chi connectivity index (χ2v) is 8.00.